The molecule has 0 aliphatic rings. The first-order valence-corrected chi connectivity index (χ1v) is 8.37. The molecule has 6 heteroatoms. The largest absolute Gasteiger partial charge is 0.350 e. The van der Waals surface area contributed by atoms with Crippen molar-refractivity contribution in [2.75, 3.05) is 19.6 Å². The number of nitrogens with two attached hydrogens (primary N) is 1. The molecule has 1 aromatic rings. The van der Waals surface area contributed by atoms with Crippen LogP contribution in [0.5, 0.6) is 0 Å². The van der Waals surface area contributed by atoms with Crippen molar-refractivity contribution in [3.8, 4) is 0 Å². The number of hydrogen-bond donors (Lipinski definition) is 2. The van der Waals surface area contributed by atoms with Crippen LogP contribution in [0.1, 0.15) is 61.3 Å². The van der Waals surface area contributed by atoms with E-state index in [9.17, 15) is 9.59 Å². The zero-order chi connectivity index (χ0) is 17.5. The Morgan fingerprint density at radius 2 is 1.46 bits per heavy atom. The van der Waals surface area contributed by atoms with E-state index in [0.29, 0.717) is 30.8 Å². The van der Waals surface area contributed by atoms with Gasteiger partial charge < -0.3 is 16.0 Å². The fourth-order valence-electron chi connectivity index (χ4n) is 2.32. The first-order valence-electron chi connectivity index (χ1n) is 8.37. The standard InChI is InChI=1S/C18H29N3O2.ClH/c1-5-18(19,6-2)13-20-16(22)14-9-11-15(12-10-14)17(23)21(7-3)8-4;/h9-12H,5-8,13,19H2,1-4H3,(H,20,22);1H. The molecule has 3 N–H and O–H groups in total. The maximum absolute atomic E-state index is 12.2. The van der Waals surface area contributed by atoms with Gasteiger partial charge in [-0.2, -0.15) is 0 Å². The van der Waals surface area contributed by atoms with Gasteiger partial charge in [-0.3, -0.25) is 9.59 Å². The lowest BCUT2D eigenvalue weighted by atomic mass is 9.94. The maximum atomic E-state index is 12.2. The van der Waals surface area contributed by atoms with Gasteiger partial charge in [-0.1, -0.05) is 13.8 Å². The maximum Gasteiger partial charge on any atom is 0.253 e. The summed E-state index contributed by atoms with van der Waals surface area (Å²) in [6, 6.07) is 6.76. The first-order chi connectivity index (χ1) is 10.9. The molecule has 2 amide bonds. The van der Waals surface area contributed by atoms with Crippen LogP contribution in [0.3, 0.4) is 0 Å². The minimum Gasteiger partial charge on any atom is -0.350 e. The molecular weight excluding hydrogens is 326 g/mol. The predicted molar refractivity (Wildman–Crippen MR) is 101 cm³/mol. The summed E-state index contributed by atoms with van der Waals surface area (Å²) in [7, 11) is 0. The van der Waals surface area contributed by atoms with E-state index in [1.54, 1.807) is 29.2 Å². The number of benzene rings is 1. The van der Waals surface area contributed by atoms with Gasteiger partial charge in [-0.15, -0.1) is 12.4 Å². The van der Waals surface area contributed by atoms with Crippen LogP contribution in [0.15, 0.2) is 24.3 Å². The van der Waals surface area contributed by atoms with E-state index in [1.807, 2.05) is 27.7 Å². The Hall–Kier alpha value is -1.59. The van der Waals surface area contributed by atoms with E-state index in [2.05, 4.69) is 5.32 Å². The summed E-state index contributed by atoms with van der Waals surface area (Å²) in [5, 5.41) is 2.88. The quantitative estimate of drug-likeness (QED) is 0.752. The predicted octanol–water partition coefficient (Wildman–Crippen LogP) is 2.84. The van der Waals surface area contributed by atoms with Gasteiger partial charge in [0.2, 0.25) is 0 Å². The van der Waals surface area contributed by atoms with Crippen molar-refractivity contribution in [2.45, 2.75) is 46.1 Å². The van der Waals surface area contributed by atoms with E-state index in [-0.39, 0.29) is 29.8 Å². The van der Waals surface area contributed by atoms with E-state index in [1.165, 1.54) is 0 Å². The second-order valence-corrected chi connectivity index (χ2v) is 5.81. The Kier molecular flexibility index (Phi) is 9.63. The summed E-state index contributed by atoms with van der Waals surface area (Å²) < 4.78 is 0. The fourth-order valence-corrected chi connectivity index (χ4v) is 2.32. The summed E-state index contributed by atoms with van der Waals surface area (Å²) in [5.41, 5.74) is 6.95. The number of carbonyl (C=O) groups excluding carboxylic acids is 2. The fraction of sp³-hybridized carbons (Fsp3) is 0.556. The Morgan fingerprint density at radius 3 is 1.88 bits per heavy atom. The van der Waals surface area contributed by atoms with Crippen molar-refractivity contribution < 1.29 is 9.59 Å². The Morgan fingerprint density at radius 1 is 1.00 bits per heavy atom. The molecule has 0 aromatic heterocycles. The average Bonchev–Trinajstić information content (AvgIpc) is 2.60. The normalized spacial score (nSPS) is 10.7. The van der Waals surface area contributed by atoms with Crippen molar-refractivity contribution >= 4 is 24.2 Å². The van der Waals surface area contributed by atoms with Crippen LogP contribution in [0.4, 0.5) is 0 Å². The lowest BCUT2D eigenvalue weighted by Crippen LogP contribution is -2.49. The highest BCUT2D eigenvalue weighted by atomic mass is 35.5. The third-order valence-electron chi connectivity index (χ3n) is 4.45. The van der Waals surface area contributed by atoms with Crippen LogP contribution < -0.4 is 11.1 Å². The molecule has 0 atom stereocenters. The van der Waals surface area contributed by atoms with E-state index < -0.39 is 0 Å². The summed E-state index contributed by atoms with van der Waals surface area (Å²) in [6.45, 7) is 9.72. The monoisotopic (exact) mass is 355 g/mol. The lowest BCUT2D eigenvalue weighted by Gasteiger charge is -2.26. The minimum absolute atomic E-state index is 0. The molecule has 0 aliphatic carbocycles. The molecule has 5 nitrogen and oxygen atoms in total. The molecule has 0 saturated carbocycles. The molecule has 1 rings (SSSR count). The molecule has 0 bridgehead atoms. The van der Waals surface area contributed by atoms with Crippen molar-refractivity contribution in [1.82, 2.24) is 10.2 Å². The van der Waals surface area contributed by atoms with Crippen LogP contribution in [0, 0.1) is 0 Å². The van der Waals surface area contributed by atoms with Gasteiger partial charge in [0.1, 0.15) is 0 Å². The molecule has 136 valence electrons. The molecule has 0 unspecified atom stereocenters. The summed E-state index contributed by atoms with van der Waals surface area (Å²) in [6.07, 6.45) is 1.61. The number of nitrogens with zero attached hydrogens (tertiary/aromatic N) is 1. The molecule has 0 saturated heterocycles. The van der Waals surface area contributed by atoms with E-state index in [0.717, 1.165) is 12.8 Å². The highest BCUT2D eigenvalue weighted by Crippen LogP contribution is 2.11. The SMILES string of the molecule is CCN(CC)C(=O)c1ccc(C(=O)NCC(N)(CC)CC)cc1.Cl. The molecular formula is C18H30ClN3O2. The van der Waals surface area contributed by atoms with Gasteiger partial charge in [-0.05, 0) is 51.0 Å². The van der Waals surface area contributed by atoms with Crippen LogP contribution in [-0.4, -0.2) is 41.9 Å². The smallest absolute Gasteiger partial charge is 0.253 e. The van der Waals surface area contributed by atoms with Crippen LogP contribution in [0.25, 0.3) is 0 Å². The van der Waals surface area contributed by atoms with Crippen LogP contribution in [-0.2, 0) is 0 Å². The van der Waals surface area contributed by atoms with Gasteiger partial charge in [0, 0.05) is 36.3 Å². The summed E-state index contributed by atoms with van der Waals surface area (Å²) in [4.78, 5) is 26.2. The Balaban J connectivity index is 0.00000529. The number of amides is 2. The summed E-state index contributed by atoms with van der Waals surface area (Å²) >= 11 is 0. The zero-order valence-electron chi connectivity index (χ0n) is 15.1. The number of hydrogen-bond acceptors (Lipinski definition) is 3. The third-order valence-corrected chi connectivity index (χ3v) is 4.45. The van der Waals surface area contributed by atoms with Crippen molar-refractivity contribution in [3.63, 3.8) is 0 Å². The minimum atomic E-state index is -0.367. The number of halogens is 1. The zero-order valence-corrected chi connectivity index (χ0v) is 15.9. The highest BCUT2D eigenvalue weighted by molar-refractivity contribution is 5.97. The number of nitrogens with one attached hydrogen (secondary N) is 1. The number of carbonyl (C=O) groups is 2. The van der Waals surface area contributed by atoms with Gasteiger partial charge in [0.15, 0.2) is 0 Å². The first kappa shape index (κ1) is 22.4. The van der Waals surface area contributed by atoms with Gasteiger partial charge in [0.05, 0.1) is 0 Å². The molecule has 24 heavy (non-hydrogen) atoms. The molecule has 0 radical (unpaired) electrons. The number of rotatable bonds is 8. The third kappa shape index (κ3) is 5.80. The average molecular weight is 356 g/mol. The second-order valence-electron chi connectivity index (χ2n) is 5.81. The van der Waals surface area contributed by atoms with Gasteiger partial charge >= 0.3 is 0 Å². The van der Waals surface area contributed by atoms with Crippen LogP contribution in [0.2, 0.25) is 0 Å². The van der Waals surface area contributed by atoms with E-state index in [4.69, 9.17) is 5.73 Å². The molecule has 0 heterocycles. The topological polar surface area (TPSA) is 75.4 Å². The second kappa shape index (κ2) is 10.3. The summed E-state index contributed by atoms with van der Waals surface area (Å²) in [5.74, 6) is -0.177. The van der Waals surface area contributed by atoms with Gasteiger partial charge in [0.25, 0.3) is 11.8 Å². The molecule has 0 spiro atoms. The lowest BCUT2D eigenvalue weighted by molar-refractivity contribution is 0.0772. The molecule has 0 aliphatic heterocycles. The highest BCUT2D eigenvalue weighted by Gasteiger charge is 2.21. The van der Waals surface area contributed by atoms with E-state index >= 15 is 0 Å². The Bertz CT molecular complexity index is 524. The van der Waals surface area contributed by atoms with Gasteiger partial charge in [-0.25, -0.2) is 0 Å². The van der Waals surface area contributed by atoms with Crippen molar-refractivity contribution in [3.05, 3.63) is 35.4 Å². The molecule has 1 aromatic carbocycles. The van der Waals surface area contributed by atoms with Crippen molar-refractivity contribution in [1.29, 1.82) is 0 Å². The van der Waals surface area contributed by atoms with Crippen LogP contribution >= 0.6 is 12.4 Å². The Labute approximate surface area is 151 Å². The van der Waals surface area contributed by atoms with Crippen molar-refractivity contribution in [2.24, 2.45) is 5.73 Å². The molecule has 0 fully saturated rings.